The van der Waals surface area contributed by atoms with Gasteiger partial charge < -0.3 is 5.11 Å². The molecular weight excluding hydrogens is 228 g/mol. The average Bonchev–Trinajstić information content (AvgIpc) is 2.66. The van der Waals surface area contributed by atoms with Gasteiger partial charge in [0, 0.05) is 30.1 Å². The maximum atomic E-state index is 9.00. The van der Waals surface area contributed by atoms with Gasteiger partial charge in [0.15, 0.2) is 0 Å². The molecule has 1 N–H and O–H groups in total. The van der Waals surface area contributed by atoms with Gasteiger partial charge in [-0.1, -0.05) is 18.2 Å². The van der Waals surface area contributed by atoms with E-state index in [4.69, 9.17) is 9.90 Å². The minimum Gasteiger partial charge on any atom is -0.481 e. The number of fused-ring (bicyclic) bond motifs is 3. The number of hydrogen-bond acceptors (Lipinski definition) is 3. The molecule has 0 spiro atoms. The minimum atomic E-state index is -0.833. The first-order valence-corrected chi connectivity index (χ1v) is 5.46. The van der Waals surface area contributed by atoms with Crippen molar-refractivity contribution in [3.8, 4) is 0 Å². The minimum absolute atomic E-state index is 0.833. The van der Waals surface area contributed by atoms with Crippen molar-refractivity contribution in [1.82, 2.24) is 9.97 Å². The van der Waals surface area contributed by atoms with Crippen molar-refractivity contribution in [2.75, 3.05) is 0 Å². The van der Waals surface area contributed by atoms with Crippen LogP contribution in [0, 0.1) is 0 Å². The number of carboxylic acids is 1. The number of aliphatic carboxylic acids is 1. The lowest BCUT2D eigenvalue weighted by Gasteiger charge is -1.92. The van der Waals surface area contributed by atoms with Crippen molar-refractivity contribution in [1.29, 1.82) is 0 Å². The Hall–Kier alpha value is -2.49. The molecule has 4 heteroatoms. The highest BCUT2D eigenvalue weighted by Gasteiger charge is 2.00. The first kappa shape index (κ1) is 12.0. The van der Waals surface area contributed by atoms with Crippen molar-refractivity contribution >= 4 is 27.8 Å². The van der Waals surface area contributed by atoms with Gasteiger partial charge >= 0.3 is 0 Å². The van der Waals surface area contributed by atoms with Gasteiger partial charge in [0.05, 0.1) is 11.0 Å². The van der Waals surface area contributed by atoms with Crippen LogP contribution in [-0.4, -0.2) is 21.0 Å². The normalized spacial score (nSPS) is 9.83. The summed E-state index contributed by atoms with van der Waals surface area (Å²) in [5, 5.41) is 9.69. The third kappa shape index (κ3) is 2.60. The van der Waals surface area contributed by atoms with Crippen LogP contribution < -0.4 is 0 Å². The fourth-order valence-corrected chi connectivity index (χ4v) is 1.69. The van der Waals surface area contributed by atoms with E-state index < -0.39 is 5.97 Å². The number of carbonyl (C=O) groups is 1. The summed E-state index contributed by atoms with van der Waals surface area (Å²) in [5.74, 6) is -0.833. The van der Waals surface area contributed by atoms with Gasteiger partial charge in [-0.05, 0) is 18.2 Å². The average molecular weight is 240 g/mol. The predicted octanol–water partition coefficient (Wildman–Crippen LogP) is 2.87. The fourth-order valence-electron chi connectivity index (χ4n) is 1.69. The molecule has 0 bridgehead atoms. The molecule has 2 aromatic heterocycles. The lowest BCUT2D eigenvalue weighted by molar-refractivity contribution is -0.134. The Kier molecular flexibility index (Phi) is 3.48. The summed E-state index contributed by atoms with van der Waals surface area (Å²) < 4.78 is 0. The molecule has 0 saturated carbocycles. The lowest BCUT2D eigenvalue weighted by atomic mass is 10.2. The van der Waals surface area contributed by atoms with Crippen molar-refractivity contribution in [2.45, 2.75) is 6.92 Å². The van der Waals surface area contributed by atoms with E-state index in [1.54, 1.807) is 0 Å². The second-order valence-electron chi connectivity index (χ2n) is 3.73. The number of carboxylic acid groups (broad SMARTS) is 1. The third-order valence-corrected chi connectivity index (χ3v) is 2.36. The summed E-state index contributed by atoms with van der Waals surface area (Å²) in [6.45, 7) is 1.08. The molecule has 3 aromatic rings. The molecule has 0 radical (unpaired) electrons. The number of aromatic nitrogens is 2. The van der Waals surface area contributed by atoms with E-state index in [1.165, 1.54) is 0 Å². The molecule has 0 aliphatic heterocycles. The molecule has 0 fully saturated rings. The van der Waals surface area contributed by atoms with Crippen LogP contribution in [0.4, 0.5) is 0 Å². The lowest BCUT2D eigenvalue weighted by Crippen LogP contribution is -1.78. The molecule has 4 nitrogen and oxygen atoms in total. The van der Waals surface area contributed by atoms with E-state index in [0.717, 1.165) is 28.7 Å². The van der Waals surface area contributed by atoms with Crippen LogP contribution in [0.3, 0.4) is 0 Å². The van der Waals surface area contributed by atoms with Gasteiger partial charge in [0.1, 0.15) is 0 Å². The standard InChI is InChI=1S/C12H8N2.C2H4O2/c1-2-7-14-12-9(3-1)4-5-11-10(12)6-8-13-11;1-2(3)4/h1-8H;1H3,(H,3,4). The molecule has 0 unspecified atom stereocenters. The van der Waals surface area contributed by atoms with Crippen molar-refractivity contribution in [3.05, 3.63) is 48.8 Å². The molecular formula is C14H12N2O2. The summed E-state index contributed by atoms with van der Waals surface area (Å²) in [7, 11) is 0. The summed E-state index contributed by atoms with van der Waals surface area (Å²) in [4.78, 5) is 17.7. The van der Waals surface area contributed by atoms with Crippen LogP contribution in [0.5, 0.6) is 0 Å². The summed E-state index contributed by atoms with van der Waals surface area (Å²) in [6.07, 6.45) is 3.63. The molecule has 1 aromatic carbocycles. The Morgan fingerprint density at radius 1 is 1.06 bits per heavy atom. The first-order valence-electron chi connectivity index (χ1n) is 5.46. The Balaban J connectivity index is 0.000000267. The van der Waals surface area contributed by atoms with Crippen molar-refractivity contribution in [2.24, 2.45) is 0 Å². The van der Waals surface area contributed by atoms with E-state index >= 15 is 0 Å². The summed E-state index contributed by atoms with van der Waals surface area (Å²) in [6, 6.07) is 12.1. The molecule has 3 rings (SSSR count). The third-order valence-electron chi connectivity index (χ3n) is 2.36. The van der Waals surface area contributed by atoms with E-state index in [1.807, 2.05) is 36.7 Å². The van der Waals surface area contributed by atoms with Crippen molar-refractivity contribution in [3.63, 3.8) is 0 Å². The number of benzene rings is 1. The molecule has 0 amide bonds. The van der Waals surface area contributed by atoms with Crippen LogP contribution in [0.2, 0.25) is 0 Å². The molecule has 0 aliphatic rings. The van der Waals surface area contributed by atoms with Gasteiger partial charge in [-0.15, -0.1) is 0 Å². The summed E-state index contributed by atoms with van der Waals surface area (Å²) in [5.41, 5.74) is 2.03. The van der Waals surface area contributed by atoms with Gasteiger partial charge in [-0.25, -0.2) is 0 Å². The van der Waals surface area contributed by atoms with Gasteiger partial charge in [-0.2, -0.15) is 0 Å². The molecule has 2 heterocycles. The zero-order chi connectivity index (χ0) is 13.0. The molecule has 0 saturated heterocycles. The predicted molar refractivity (Wildman–Crippen MR) is 70.4 cm³/mol. The van der Waals surface area contributed by atoms with Crippen LogP contribution in [0.15, 0.2) is 48.8 Å². The van der Waals surface area contributed by atoms with E-state index in [2.05, 4.69) is 22.1 Å². The Bertz CT molecular complexity index is 691. The maximum Gasteiger partial charge on any atom is 0.300 e. The zero-order valence-corrected chi connectivity index (χ0v) is 9.87. The second kappa shape index (κ2) is 5.23. The Labute approximate surface area is 104 Å². The largest absolute Gasteiger partial charge is 0.481 e. The quantitative estimate of drug-likeness (QED) is 0.656. The van der Waals surface area contributed by atoms with E-state index in [9.17, 15) is 0 Å². The molecule has 18 heavy (non-hydrogen) atoms. The number of hydrogen-bond donors (Lipinski definition) is 1. The highest BCUT2D eigenvalue weighted by molar-refractivity contribution is 6.03. The zero-order valence-electron chi connectivity index (χ0n) is 9.87. The second-order valence-corrected chi connectivity index (χ2v) is 3.73. The van der Waals surface area contributed by atoms with E-state index in [0.29, 0.717) is 0 Å². The fraction of sp³-hybridized carbons (Fsp3) is 0.0714. The summed E-state index contributed by atoms with van der Waals surface area (Å²) >= 11 is 0. The topological polar surface area (TPSA) is 63.1 Å². The smallest absolute Gasteiger partial charge is 0.300 e. The van der Waals surface area contributed by atoms with Crippen LogP contribution in [0.25, 0.3) is 21.8 Å². The van der Waals surface area contributed by atoms with Gasteiger partial charge in [-0.3, -0.25) is 14.8 Å². The van der Waals surface area contributed by atoms with Gasteiger partial charge in [0.2, 0.25) is 0 Å². The van der Waals surface area contributed by atoms with Crippen LogP contribution in [-0.2, 0) is 4.79 Å². The molecule has 90 valence electrons. The van der Waals surface area contributed by atoms with Gasteiger partial charge in [0.25, 0.3) is 5.97 Å². The number of nitrogens with zero attached hydrogens (tertiary/aromatic N) is 2. The monoisotopic (exact) mass is 240 g/mol. The Morgan fingerprint density at radius 2 is 1.83 bits per heavy atom. The SMILES string of the molecule is CC(=O)O.c1ccc2ccc3nccc3c2nc1. The van der Waals surface area contributed by atoms with E-state index in [-0.39, 0.29) is 0 Å². The van der Waals surface area contributed by atoms with Crippen molar-refractivity contribution < 1.29 is 9.90 Å². The number of rotatable bonds is 0. The molecule has 0 atom stereocenters. The highest BCUT2D eigenvalue weighted by Crippen LogP contribution is 2.21. The highest BCUT2D eigenvalue weighted by atomic mass is 16.4. The maximum absolute atomic E-state index is 9.00. The first-order chi connectivity index (χ1) is 8.68. The van der Waals surface area contributed by atoms with Crippen LogP contribution in [0.1, 0.15) is 6.92 Å². The Morgan fingerprint density at radius 3 is 2.61 bits per heavy atom. The van der Waals surface area contributed by atoms with Crippen LogP contribution >= 0.6 is 0 Å². The molecule has 0 aliphatic carbocycles.